The summed E-state index contributed by atoms with van der Waals surface area (Å²) in [5.74, 6) is 0. The van der Waals surface area contributed by atoms with Gasteiger partial charge in [0, 0.05) is 30.2 Å². The van der Waals surface area contributed by atoms with Crippen LogP contribution in [-0.4, -0.2) is 18.0 Å². The lowest BCUT2D eigenvalue weighted by molar-refractivity contribution is -0.383. The van der Waals surface area contributed by atoms with Crippen LogP contribution in [0.2, 0.25) is 0 Å². The summed E-state index contributed by atoms with van der Waals surface area (Å²) in [6.07, 6.45) is 2.12. The molecule has 0 amide bonds. The number of hydrogen-bond acceptors (Lipinski definition) is 3. The molecule has 0 N–H and O–H groups in total. The van der Waals surface area contributed by atoms with Crippen molar-refractivity contribution in [2.75, 3.05) is 18.0 Å². The zero-order chi connectivity index (χ0) is 14.5. The first kappa shape index (κ1) is 14.3. The molecule has 2 aromatic carbocycles. The van der Waals surface area contributed by atoms with Crippen LogP contribution in [0.25, 0.3) is 10.8 Å². The minimum absolute atomic E-state index is 0.178. The van der Waals surface area contributed by atoms with E-state index < -0.39 is 0 Å². The summed E-state index contributed by atoms with van der Waals surface area (Å²) in [6, 6.07) is 11.1. The number of nitrogens with zero attached hydrogens (tertiary/aromatic N) is 2. The van der Waals surface area contributed by atoms with Crippen molar-refractivity contribution in [2.24, 2.45) is 0 Å². The maximum atomic E-state index is 11.1. The molecule has 0 heterocycles. The van der Waals surface area contributed by atoms with Crippen LogP contribution in [0.4, 0.5) is 11.4 Å². The highest BCUT2D eigenvalue weighted by atomic mass is 16.6. The van der Waals surface area contributed by atoms with Gasteiger partial charge < -0.3 is 4.90 Å². The first-order valence-electron chi connectivity index (χ1n) is 7.10. The Morgan fingerprint density at radius 3 is 2.15 bits per heavy atom. The number of fused-ring (bicyclic) bond motifs is 1. The van der Waals surface area contributed by atoms with E-state index >= 15 is 0 Å². The van der Waals surface area contributed by atoms with E-state index in [9.17, 15) is 10.1 Å². The van der Waals surface area contributed by atoms with Crippen molar-refractivity contribution in [3.8, 4) is 0 Å². The van der Waals surface area contributed by atoms with Crippen LogP contribution in [0.5, 0.6) is 0 Å². The van der Waals surface area contributed by atoms with Crippen LogP contribution in [0.3, 0.4) is 0 Å². The van der Waals surface area contributed by atoms with Gasteiger partial charge in [0.1, 0.15) is 0 Å². The number of rotatable bonds is 6. The molecule has 0 atom stereocenters. The minimum Gasteiger partial charge on any atom is -0.371 e. The Balaban J connectivity index is 2.59. The molecule has 0 aliphatic rings. The molecule has 0 saturated carbocycles. The van der Waals surface area contributed by atoms with Crippen LogP contribution >= 0.6 is 0 Å². The van der Waals surface area contributed by atoms with E-state index in [1.807, 2.05) is 30.3 Å². The van der Waals surface area contributed by atoms with Crippen LogP contribution in [0, 0.1) is 10.1 Å². The smallest absolute Gasteiger partial charge is 0.277 e. The average Bonchev–Trinajstić information content (AvgIpc) is 2.45. The predicted molar refractivity (Wildman–Crippen MR) is 83.4 cm³/mol. The topological polar surface area (TPSA) is 46.4 Å². The average molecular weight is 272 g/mol. The van der Waals surface area contributed by atoms with Crippen LogP contribution in [0.15, 0.2) is 36.4 Å². The standard InChI is InChI=1S/C16H20N2O2/c1-3-11-17(12-4-2)15-9-10-16(18(19)20)14-8-6-5-7-13(14)15/h5-10H,3-4,11-12H2,1-2H3. The number of anilines is 1. The Hall–Kier alpha value is -2.10. The van der Waals surface area contributed by atoms with E-state index in [0.717, 1.165) is 37.0 Å². The van der Waals surface area contributed by atoms with Crippen LogP contribution < -0.4 is 4.90 Å². The maximum absolute atomic E-state index is 11.1. The van der Waals surface area contributed by atoms with Gasteiger partial charge in [0.05, 0.1) is 10.3 Å². The van der Waals surface area contributed by atoms with E-state index in [1.165, 1.54) is 0 Å². The number of hydrogen-bond donors (Lipinski definition) is 0. The Morgan fingerprint density at radius 1 is 1.00 bits per heavy atom. The van der Waals surface area contributed by atoms with Crippen molar-refractivity contribution in [1.82, 2.24) is 0 Å². The predicted octanol–water partition coefficient (Wildman–Crippen LogP) is 4.37. The molecular formula is C16H20N2O2. The molecule has 0 spiro atoms. The Labute approximate surface area is 119 Å². The number of non-ortho nitro benzene ring substituents is 1. The normalized spacial score (nSPS) is 10.7. The monoisotopic (exact) mass is 272 g/mol. The number of nitro groups is 1. The van der Waals surface area contributed by atoms with Crippen molar-refractivity contribution < 1.29 is 4.92 Å². The molecule has 0 unspecified atom stereocenters. The Bertz CT molecular complexity index is 604. The van der Waals surface area contributed by atoms with E-state index in [0.29, 0.717) is 5.39 Å². The van der Waals surface area contributed by atoms with E-state index in [-0.39, 0.29) is 10.6 Å². The highest BCUT2D eigenvalue weighted by Crippen LogP contribution is 2.33. The lowest BCUT2D eigenvalue weighted by atomic mass is 10.1. The number of nitro benzene ring substituents is 1. The van der Waals surface area contributed by atoms with Crippen molar-refractivity contribution in [3.05, 3.63) is 46.5 Å². The lowest BCUT2D eigenvalue weighted by Crippen LogP contribution is -2.25. The van der Waals surface area contributed by atoms with Gasteiger partial charge in [-0.05, 0) is 25.0 Å². The van der Waals surface area contributed by atoms with Gasteiger partial charge in [0.25, 0.3) is 5.69 Å². The summed E-state index contributed by atoms with van der Waals surface area (Å²) < 4.78 is 0. The third-order valence-electron chi connectivity index (χ3n) is 3.40. The fourth-order valence-corrected chi connectivity index (χ4v) is 2.59. The van der Waals surface area contributed by atoms with Gasteiger partial charge in [-0.2, -0.15) is 0 Å². The van der Waals surface area contributed by atoms with Crippen molar-refractivity contribution in [1.29, 1.82) is 0 Å². The molecule has 0 aromatic heterocycles. The molecular weight excluding hydrogens is 252 g/mol. The third-order valence-corrected chi connectivity index (χ3v) is 3.40. The number of benzene rings is 2. The molecule has 0 fully saturated rings. The fraction of sp³-hybridized carbons (Fsp3) is 0.375. The van der Waals surface area contributed by atoms with E-state index in [2.05, 4.69) is 18.7 Å². The summed E-state index contributed by atoms with van der Waals surface area (Å²) in [7, 11) is 0. The second-order valence-corrected chi connectivity index (χ2v) is 4.89. The van der Waals surface area contributed by atoms with Gasteiger partial charge >= 0.3 is 0 Å². The zero-order valence-corrected chi connectivity index (χ0v) is 12.0. The van der Waals surface area contributed by atoms with Crippen molar-refractivity contribution >= 4 is 22.1 Å². The highest BCUT2D eigenvalue weighted by Gasteiger charge is 2.16. The minimum atomic E-state index is -0.309. The maximum Gasteiger partial charge on any atom is 0.277 e. The van der Waals surface area contributed by atoms with Gasteiger partial charge in [0.2, 0.25) is 0 Å². The summed E-state index contributed by atoms with van der Waals surface area (Å²) in [4.78, 5) is 13.1. The lowest BCUT2D eigenvalue weighted by Gasteiger charge is -2.25. The largest absolute Gasteiger partial charge is 0.371 e. The molecule has 0 aliphatic carbocycles. The van der Waals surface area contributed by atoms with E-state index in [1.54, 1.807) is 6.07 Å². The van der Waals surface area contributed by atoms with Gasteiger partial charge in [-0.3, -0.25) is 10.1 Å². The van der Waals surface area contributed by atoms with Crippen molar-refractivity contribution in [2.45, 2.75) is 26.7 Å². The first-order chi connectivity index (χ1) is 9.69. The molecule has 4 nitrogen and oxygen atoms in total. The molecule has 0 saturated heterocycles. The summed E-state index contributed by atoms with van der Waals surface area (Å²) in [5, 5.41) is 12.8. The molecule has 0 radical (unpaired) electrons. The van der Waals surface area contributed by atoms with Gasteiger partial charge in [-0.1, -0.05) is 32.0 Å². The summed E-state index contributed by atoms with van der Waals surface area (Å²) in [5.41, 5.74) is 1.27. The van der Waals surface area contributed by atoms with Gasteiger partial charge in [-0.15, -0.1) is 0 Å². The molecule has 106 valence electrons. The second-order valence-electron chi connectivity index (χ2n) is 4.89. The zero-order valence-electron chi connectivity index (χ0n) is 12.0. The highest BCUT2D eigenvalue weighted by molar-refractivity contribution is 6.00. The Kier molecular flexibility index (Phi) is 4.56. The molecule has 0 aliphatic heterocycles. The molecule has 2 aromatic rings. The molecule has 20 heavy (non-hydrogen) atoms. The Morgan fingerprint density at radius 2 is 1.60 bits per heavy atom. The summed E-state index contributed by atoms with van der Waals surface area (Å²) in [6.45, 7) is 6.23. The quantitative estimate of drug-likeness (QED) is 0.579. The first-order valence-corrected chi connectivity index (χ1v) is 7.10. The molecule has 4 heteroatoms. The molecule has 0 bridgehead atoms. The van der Waals surface area contributed by atoms with E-state index in [4.69, 9.17) is 0 Å². The SMILES string of the molecule is CCCN(CCC)c1ccc([N+](=O)[O-])c2ccccc12. The summed E-state index contributed by atoms with van der Waals surface area (Å²) >= 11 is 0. The molecule has 2 rings (SSSR count). The van der Waals surface area contributed by atoms with Crippen molar-refractivity contribution in [3.63, 3.8) is 0 Å². The second kappa shape index (κ2) is 6.37. The fourth-order valence-electron chi connectivity index (χ4n) is 2.59. The third kappa shape index (κ3) is 2.74. The van der Waals surface area contributed by atoms with Crippen LogP contribution in [0.1, 0.15) is 26.7 Å². The van der Waals surface area contributed by atoms with Crippen LogP contribution in [-0.2, 0) is 0 Å². The van der Waals surface area contributed by atoms with Gasteiger partial charge in [-0.25, -0.2) is 0 Å². The van der Waals surface area contributed by atoms with Gasteiger partial charge in [0.15, 0.2) is 0 Å².